The minimum Gasteiger partial charge on any atom is -0.357 e. The van der Waals surface area contributed by atoms with Gasteiger partial charge in [0.25, 0.3) is 0 Å². The summed E-state index contributed by atoms with van der Waals surface area (Å²) in [5.74, 6) is 0.442. The lowest BCUT2D eigenvalue weighted by Gasteiger charge is -2.10. The van der Waals surface area contributed by atoms with E-state index in [-0.39, 0.29) is 5.82 Å². The first-order valence-electron chi connectivity index (χ1n) is 8.51. The largest absolute Gasteiger partial charge is 0.357 e. The van der Waals surface area contributed by atoms with Crippen LogP contribution in [0.1, 0.15) is 18.2 Å². The predicted octanol–water partition coefficient (Wildman–Crippen LogP) is 4.20. The minimum atomic E-state index is -0.244. The molecular formula is C20H21FN4S. The van der Waals surface area contributed by atoms with E-state index >= 15 is 0 Å². The van der Waals surface area contributed by atoms with Crippen LogP contribution in [0.5, 0.6) is 0 Å². The SMILES string of the molecule is CCNC(=NCc1cccc(F)c1)NCc1csc(-c2ccccc2)n1. The summed E-state index contributed by atoms with van der Waals surface area (Å²) >= 11 is 1.63. The van der Waals surface area contributed by atoms with Crippen molar-refractivity contribution in [3.05, 3.63) is 77.1 Å². The second-order valence-electron chi connectivity index (χ2n) is 5.69. The number of nitrogens with one attached hydrogen (secondary N) is 2. The van der Waals surface area contributed by atoms with Crippen molar-refractivity contribution in [1.82, 2.24) is 15.6 Å². The second kappa shape index (κ2) is 9.10. The van der Waals surface area contributed by atoms with Gasteiger partial charge in [0, 0.05) is 17.5 Å². The average molecular weight is 368 g/mol. The lowest BCUT2D eigenvalue weighted by atomic mass is 10.2. The standard InChI is InChI=1S/C20H21FN4S/c1-2-22-20(23-12-15-7-6-10-17(21)11-15)24-13-18-14-26-19(25-18)16-8-4-3-5-9-16/h3-11,14H,2,12-13H2,1H3,(H2,22,23,24). The Kier molecular flexibility index (Phi) is 6.33. The van der Waals surface area contributed by atoms with Crippen molar-refractivity contribution in [3.8, 4) is 10.6 Å². The zero-order valence-electron chi connectivity index (χ0n) is 14.6. The van der Waals surface area contributed by atoms with Crippen molar-refractivity contribution in [2.24, 2.45) is 4.99 Å². The van der Waals surface area contributed by atoms with Gasteiger partial charge in [-0.25, -0.2) is 14.4 Å². The molecule has 0 aliphatic heterocycles. The molecule has 2 N–H and O–H groups in total. The monoisotopic (exact) mass is 368 g/mol. The van der Waals surface area contributed by atoms with Crippen LogP contribution in [0.2, 0.25) is 0 Å². The molecule has 0 aliphatic rings. The van der Waals surface area contributed by atoms with Gasteiger partial charge in [0.1, 0.15) is 10.8 Å². The molecule has 26 heavy (non-hydrogen) atoms. The molecule has 3 rings (SSSR count). The van der Waals surface area contributed by atoms with Crippen LogP contribution in [0, 0.1) is 5.82 Å². The second-order valence-corrected chi connectivity index (χ2v) is 6.55. The highest BCUT2D eigenvalue weighted by atomic mass is 32.1. The number of guanidine groups is 1. The first kappa shape index (κ1) is 18.1. The van der Waals surface area contributed by atoms with Crippen molar-refractivity contribution in [2.45, 2.75) is 20.0 Å². The van der Waals surface area contributed by atoms with E-state index in [2.05, 4.69) is 32.7 Å². The summed E-state index contributed by atoms with van der Waals surface area (Å²) in [5, 5.41) is 9.52. The Hall–Kier alpha value is -2.73. The van der Waals surface area contributed by atoms with Crippen molar-refractivity contribution < 1.29 is 4.39 Å². The molecule has 0 fully saturated rings. The van der Waals surface area contributed by atoms with Gasteiger partial charge in [0.15, 0.2) is 5.96 Å². The van der Waals surface area contributed by atoms with Gasteiger partial charge in [-0.1, -0.05) is 42.5 Å². The summed E-state index contributed by atoms with van der Waals surface area (Å²) in [6, 6.07) is 16.6. The molecule has 1 aromatic heterocycles. The van der Waals surface area contributed by atoms with Gasteiger partial charge in [0.05, 0.1) is 18.8 Å². The summed E-state index contributed by atoms with van der Waals surface area (Å²) in [5.41, 5.74) is 2.92. The van der Waals surface area contributed by atoms with Crippen LogP contribution >= 0.6 is 11.3 Å². The topological polar surface area (TPSA) is 49.3 Å². The molecule has 6 heteroatoms. The summed E-state index contributed by atoms with van der Waals surface area (Å²) in [4.78, 5) is 9.17. The van der Waals surface area contributed by atoms with Gasteiger partial charge in [-0.05, 0) is 24.6 Å². The Morgan fingerprint density at radius 2 is 1.96 bits per heavy atom. The Morgan fingerprint density at radius 3 is 2.73 bits per heavy atom. The van der Waals surface area contributed by atoms with Crippen molar-refractivity contribution in [3.63, 3.8) is 0 Å². The molecule has 0 spiro atoms. The summed E-state index contributed by atoms with van der Waals surface area (Å²) < 4.78 is 13.3. The van der Waals surface area contributed by atoms with E-state index in [4.69, 9.17) is 0 Å². The maximum absolute atomic E-state index is 13.3. The van der Waals surface area contributed by atoms with Crippen LogP contribution in [-0.2, 0) is 13.1 Å². The van der Waals surface area contributed by atoms with Crippen LogP contribution < -0.4 is 10.6 Å². The van der Waals surface area contributed by atoms with Gasteiger partial charge in [-0.3, -0.25) is 0 Å². The molecular weight excluding hydrogens is 347 g/mol. The number of hydrogen-bond acceptors (Lipinski definition) is 3. The molecule has 3 aromatic rings. The third-order valence-electron chi connectivity index (χ3n) is 3.66. The van der Waals surface area contributed by atoms with Gasteiger partial charge in [0.2, 0.25) is 0 Å². The third-order valence-corrected chi connectivity index (χ3v) is 4.60. The zero-order valence-corrected chi connectivity index (χ0v) is 15.4. The van der Waals surface area contributed by atoms with E-state index in [0.29, 0.717) is 19.0 Å². The maximum atomic E-state index is 13.3. The van der Waals surface area contributed by atoms with Crippen LogP contribution in [0.3, 0.4) is 0 Å². The molecule has 4 nitrogen and oxygen atoms in total. The van der Waals surface area contributed by atoms with E-state index in [9.17, 15) is 4.39 Å². The first-order valence-corrected chi connectivity index (χ1v) is 9.39. The van der Waals surface area contributed by atoms with Crippen molar-refractivity contribution in [2.75, 3.05) is 6.54 Å². The molecule has 0 atom stereocenters. The molecule has 0 saturated carbocycles. The Bertz CT molecular complexity index is 861. The Morgan fingerprint density at radius 1 is 1.12 bits per heavy atom. The molecule has 2 aromatic carbocycles. The number of hydrogen-bond donors (Lipinski definition) is 2. The molecule has 0 saturated heterocycles. The average Bonchev–Trinajstić information content (AvgIpc) is 3.14. The highest BCUT2D eigenvalue weighted by molar-refractivity contribution is 7.13. The highest BCUT2D eigenvalue weighted by Gasteiger charge is 2.05. The van der Waals surface area contributed by atoms with E-state index in [1.54, 1.807) is 17.4 Å². The number of thiazole rings is 1. The summed E-state index contributed by atoms with van der Waals surface area (Å²) in [6.45, 7) is 3.76. The van der Waals surface area contributed by atoms with E-state index in [1.807, 2.05) is 36.6 Å². The lowest BCUT2D eigenvalue weighted by molar-refractivity contribution is 0.625. The number of aliphatic imine (C=N–C) groups is 1. The van der Waals surface area contributed by atoms with Gasteiger partial charge in [-0.2, -0.15) is 0 Å². The Labute approximate surface area is 156 Å². The Balaban J connectivity index is 1.62. The van der Waals surface area contributed by atoms with Crippen LogP contribution in [0.4, 0.5) is 4.39 Å². The maximum Gasteiger partial charge on any atom is 0.191 e. The summed E-state index contributed by atoms with van der Waals surface area (Å²) in [7, 11) is 0. The molecule has 0 aliphatic carbocycles. The van der Waals surface area contributed by atoms with E-state index in [0.717, 1.165) is 28.4 Å². The quantitative estimate of drug-likeness (QED) is 0.506. The van der Waals surface area contributed by atoms with Crippen LogP contribution in [0.15, 0.2) is 65.0 Å². The third kappa shape index (κ3) is 5.13. The number of rotatable bonds is 6. The van der Waals surface area contributed by atoms with E-state index < -0.39 is 0 Å². The highest BCUT2D eigenvalue weighted by Crippen LogP contribution is 2.23. The normalized spacial score (nSPS) is 11.4. The number of aromatic nitrogens is 1. The fraction of sp³-hybridized carbons (Fsp3) is 0.200. The van der Waals surface area contributed by atoms with E-state index in [1.165, 1.54) is 12.1 Å². The van der Waals surface area contributed by atoms with Crippen molar-refractivity contribution in [1.29, 1.82) is 0 Å². The fourth-order valence-electron chi connectivity index (χ4n) is 2.42. The molecule has 0 unspecified atom stereocenters. The minimum absolute atomic E-state index is 0.244. The van der Waals surface area contributed by atoms with Crippen LogP contribution in [-0.4, -0.2) is 17.5 Å². The number of halogens is 1. The lowest BCUT2D eigenvalue weighted by Crippen LogP contribution is -2.36. The predicted molar refractivity (Wildman–Crippen MR) is 106 cm³/mol. The zero-order chi connectivity index (χ0) is 18.2. The summed E-state index contributed by atoms with van der Waals surface area (Å²) in [6.07, 6.45) is 0. The van der Waals surface area contributed by atoms with Crippen LogP contribution in [0.25, 0.3) is 10.6 Å². The van der Waals surface area contributed by atoms with Gasteiger partial charge < -0.3 is 10.6 Å². The molecule has 0 amide bonds. The van der Waals surface area contributed by atoms with Gasteiger partial charge in [-0.15, -0.1) is 11.3 Å². The van der Waals surface area contributed by atoms with Crippen molar-refractivity contribution >= 4 is 17.3 Å². The molecule has 134 valence electrons. The molecule has 0 bridgehead atoms. The smallest absolute Gasteiger partial charge is 0.191 e. The first-order chi connectivity index (χ1) is 12.7. The molecule has 1 heterocycles. The number of nitrogens with zero attached hydrogens (tertiary/aromatic N) is 2. The van der Waals surface area contributed by atoms with Gasteiger partial charge >= 0.3 is 0 Å². The molecule has 0 radical (unpaired) electrons. The number of benzene rings is 2. The fourth-order valence-corrected chi connectivity index (χ4v) is 3.25.